The van der Waals surface area contributed by atoms with E-state index in [1.165, 1.54) is 17.8 Å². The molecule has 2 fully saturated rings. The molecule has 2 aromatic heterocycles. The quantitative estimate of drug-likeness (QED) is 0.199. The number of hydrogen-bond acceptors (Lipinski definition) is 12. The van der Waals surface area contributed by atoms with Gasteiger partial charge in [0.05, 0.1) is 12.9 Å². The molecule has 16 heteroatoms. The molecule has 0 aliphatic carbocycles. The van der Waals surface area contributed by atoms with Crippen molar-refractivity contribution >= 4 is 41.2 Å². The van der Waals surface area contributed by atoms with Gasteiger partial charge in [-0.3, -0.25) is 23.7 Å². The number of carbonyl (C=O) groups excluding carboxylic acids is 1. The number of benzene rings is 1. The van der Waals surface area contributed by atoms with E-state index in [9.17, 15) is 24.4 Å². The highest BCUT2D eigenvalue weighted by Gasteiger charge is 2.54. The van der Waals surface area contributed by atoms with Gasteiger partial charge in [-0.2, -0.15) is 4.98 Å². The molecule has 0 bridgehead atoms. The number of hydrogen-bond donors (Lipinski definition) is 5. The predicted octanol–water partition coefficient (Wildman–Crippen LogP) is 0.845. The van der Waals surface area contributed by atoms with Gasteiger partial charge >= 0.3 is 12.7 Å². The highest BCUT2D eigenvalue weighted by molar-refractivity contribution is 8.56. The van der Waals surface area contributed by atoms with Crippen molar-refractivity contribution in [2.45, 2.75) is 50.0 Å². The number of rotatable bonds is 7. The van der Waals surface area contributed by atoms with Crippen LogP contribution >= 0.6 is 18.1 Å². The van der Waals surface area contributed by atoms with Crippen molar-refractivity contribution in [2.75, 3.05) is 18.1 Å². The van der Waals surface area contributed by atoms with E-state index in [-0.39, 0.29) is 29.5 Å². The van der Waals surface area contributed by atoms with Crippen LogP contribution in [0.1, 0.15) is 31.7 Å². The summed E-state index contributed by atoms with van der Waals surface area (Å²) in [6, 6.07) is 8.37. The zero-order chi connectivity index (χ0) is 27.2. The summed E-state index contributed by atoms with van der Waals surface area (Å²) < 4.78 is 31.5. The number of anilines is 1. The Morgan fingerprint density at radius 2 is 2.16 bits per heavy atom. The number of aliphatic hydroxyl groups is 2. The molecule has 0 spiro atoms. The molecule has 1 unspecified atom stereocenters. The van der Waals surface area contributed by atoms with E-state index in [0.717, 1.165) is 16.9 Å². The highest BCUT2D eigenvalue weighted by atomic mass is 32.7. The van der Waals surface area contributed by atoms with Gasteiger partial charge in [0.1, 0.15) is 30.0 Å². The number of nitrogen functional groups attached to an aromatic ring is 1. The molecule has 2 aliphatic heterocycles. The summed E-state index contributed by atoms with van der Waals surface area (Å²) in [6.07, 6.45) is -3.03. The van der Waals surface area contributed by atoms with E-state index in [2.05, 4.69) is 20.0 Å². The molecule has 6 N–H and O–H groups in total. The summed E-state index contributed by atoms with van der Waals surface area (Å²) in [5.74, 6) is -0.561. The van der Waals surface area contributed by atoms with Gasteiger partial charge < -0.3 is 29.9 Å². The molecule has 1 aromatic carbocycles. The maximum absolute atomic E-state index is 13.2. The minimum atomic E-state index is -3.55. The number of H-pyrrole nitrogens is 1. The molecule has 3 aromatic rings. The fraction of sp³-hybridized carbons (Fsp3) is 0.455. The smallest absolute Gasteiger partial charge is 0.327 e. The lowest BCUT2D eigenvalue weighted by Gasteiger charge is -2.27. The number of aromatic amines is 1. The molecular weight excluding hydrogens is 539 g/mol. The van der Waals surface area contributed by atoms with E-state index >= 15 is 0 Å². The number of aliphatic hydroxyl groups excluding tert-OH is 1. The fourth-order valence-corrected chi connectivity index (χ4v) is 8.23. The summed E-state index contributed by atoms with van der Waals surface area (Å²) in [7, 11) is 0. The number of imidazole rings is 1. The van der Waals surface area contributed by atoms with Crippen LogP contribution in [0, 0.1) is 0 Å². The van der Waals surface area contributed by atoms with Crippen molar-refractivity contribution in [1.82, 2.24) is 24.6 Å². The van der Waals surface area contributed by atoms with E-state index in [1.807, 2.05) is 30.3 Å². The van der Waals surface area contributed by atoms with Gasteiger partial charge in [0.15, 0.2) is 17.4 Å². The third-order valence-electron chi connectivity index (χ3n) is 6.44. The first-order valence-electron chi connectivity index (χ1n) is 11.7. The van der Waals surface area contributed by atoms with Crippen molar-refractivity contribution in [3.63, 3.8) is 0 Å². The summed E-state index contributed by atoms with van der Waals surface area (Å²) in [5, 5.41) is 24.5. The number of esters is 1. The summed E-state index contributed by atoms with van der Waals surface area (Å²) >= 11 is 0.937. The maximum Gasteiger partial charge on any atom is 0.327 e. The lowest BCUT2D eigenvalue weighted by molar-refractivity contribution is -0.150. The Morgan fingerprint density at radius 1 is 1.42 bits per heavy atom. The van der Waals surface area contributed by atoms with Crippen LogP contribution in [0.5, 0.6) is 0 Å². The van der Waals surface area contributed by atoms with E-state index in [4.69, 9.17) is 19.7 Å². The molecule has 4 heterocycles. The SMILES string of the molecule is C[C@@H](OC(=O)[C@H]1CS[P@@](=O)(OCC2O[C@@H](n3cnc4c(=O)[nH]c(N)nc43)[C@](C)(O)[C@@H]2O)N1)c1ccccc1. The topological polar surface area (TPSA) is 204 Å². The van der Waals surface area contributed by atoms with E-state index < -0.39 is 54.4 Å². The summed E-state index contributed by atoms with van der Waals surface area (Å²) in [4.78, 5) is 35.1. The van der Waals surface area contributed by atoms with Crippen molar-refractivity contribution in [2.24, 2.45) is 0 Å². The molecule has 2 aliphatic rings. The van der Waals surface area contributed by atoms with Gasteiger partial charge in [-0.25, -0.2) is 10.1 Å². The minimum Gasteiger partial charge on any atom is -0.457 e. The highest BCUT2D eigenvalue weighted by Crippen LogP contribution is 2.61. The molecular formula is C22H27N6O8PS. The zero-order valence-corrected chi connectivity index (χ0v) is 22.1. The average Bonchev–Trinajstić information content (AvgIpc) is 3.54. The van der Waals surface area contributed by atoms with E-state index in [1.54, 1.807) is 6.92 Å². The lowest BCUT2D eigenvalue weighted by Crippen LogP contribution is -2.44. The normalized spacial score (nSPS) is 32.0. The van der Waals surface area contributed by atoms with Crippen LogP contribution in [0.4, 0.5) is 5.95 Å². The summed E-state index contributed by atoms with van der Waals surface area (Å²) in [5.41, 5.74) is 4.07. The molecule has 2 saturated heterocycles. The van der Waals surface area contributed by atoms with Crippen LogP contribution in [0.25, 0.3) is 11.2 Å². The number of nitrogens with one attached hydrogen (secondary N) is 2. The lowest BCUT2D eigenvalue weighted by atomic mass is 9.96. The molecule has 204 valence electrons. The molecule has 14 nitrogen and oxygen atoms in total. The zero-order valence-electron chi connectivity index (χ0n) is 20.4. The maximum atomic E-state index is 13.2. The van der Waals surface area contributed by atoms with Crippen molar-refractivity contribution < 1.29 is 33.6 Å². The van der Waals surface area contributed by atoms with Crippen LogP contribution in [0.2, 0.25) is 0 Å². The third-order valence-corrected chi connectivity index (χ3v) is 10.5. The number of ether oxygens (including phenoxy) is 2. The standard InChI is InChI=1S/C22H27N6O8PS/c1-11(12-6-4-3-5-7-12)35-19(31)13-9-38-37(33,27-13)34-8-14-16(29)22(2,32)20(36-14)28-10-24-15-17(28)25-21(23)26-18(15)30/h3-7,10-11,13-14,16,20,29,32H,8-9H2,1-2H3,(H,27,33)(H3,23,25,26,30)/t11-,13-,14?,16-,20-,22-,37+/m1/s1. The largest absolute Gasteiger partial charge is 0.457 e. The second-order valence-corrected chi connectivity index (χ2v) is 13.6. The second kappa shape index (κ2) is 10.1. The number of nitrogens with zero attached hydrogens (tertiary/aromatic N) is 3. The Kier molecular flexibility index (Phi) is 7.11. The Labute approximate surface area is 220 Å². The number of fused-ring (bicyclic) bond motifs is 1. The van der Waals surface area contributed by atoms with Gasteiger partial charge in [0.2, 0.25) is 5.95 Å². The van der Waals surface area contributed by atoms with Crippen molar-refractivity contribution in [3.8, 4) is 0 Å². The summed E-state index contributed by atoms with van der Waals surface area (Å²) in [6.45, 7) is -0.825. The average molecular weight is 567 g/mol. The van der Waals surface area contributed by atoms with Crippen LogP contribution in [-0.2, 0) is 23.4 Å². The van der Waals surface area contributed by atoms with Crippen molar-refractivity contribution in [1.29, 1.82) is 0 Å². The first-order valence-corrected chi connectivity index (χ1v) is 14.9. The number of nitrogens with two attached hydrogens (primary N) is 1. The third kappa shape index (κ3) is 4.98. The van der Waals surface area contributed by atoms with Crippen LogP contribution in [-0.4, -0.2) is 71.9 Å². The van der Waals surface area contributed by atoms with Crippen LogP contribution in [0.3, 0.4) is 0 Å². The predicted molar refractivity (Wildman–Crippen MR) is 137 cm³/mol. The molecule has 38 heavy (non-hydrogen) atoms. The second-order valence-electron chi connectivity index (χ2n) is 9.23. The van der Waals surface area contributed by atoms with Gasteiger partial charge in [-0.1, -0.05) is 41.7 Å². The minimum absolute atomic E-state index is 0.0247. The monoisotopic (exact) mass is 566 g/mol. The Balaban J connectivity index is 1.23. The van der Waals surface area contributed by atoms with Gasteiger partial charge in [-0.05, 0) is 19.4 Å². The number of carbonyl (C=O) groups is 1. The van der Waals surface area contributed by atoms with Gasteiger partial charge in [-0.15, -0.1) is 0 Å². The Morgan fingerprint density at radius 3 is 2.89 bits per heavy atom. The molecule has 7 atom stereocenters. The van der Waals surface area contributed by atoms with Crippen LogP contribution < -0.4 is 16.4 Å². The Bertz CT molecular complexity index is 1450. The first-order chi connectivity index (χ1) is 18.0. The Hall–Kier alpha value is -2.78. The van der Waals surface area contributed by atoms with Gasteiger partial charge in [0, 0.05) is 5.75 Å². The van der Waals surface area contributed by atoms with Crippen molar-refractivity contribution in [3.05, 3.63) is 52.6 Å². The van der Waals surface area contributed by atoms with Gasteiger partial charge in [0.25, 0.3) is 5.56 Å². The fourth-order valence-electron chi connectivity index (χ4n) is 4.35. The molecule has 5 rings (SSSR count). The van der Waals surface area contributed by atoms with Crippen LogP contribution in [0.15, 0.2) is 41.5 Å². The molecule has 0 radical (unpaired) electrons. The molecule has 0 amide bonds. The molecule has 0 saturated carbocycles. The van der Waals surface area contributed by atoms with E-state index in [0.29, 0.717) is 0 Å². The number of aromatic nitrogens is 4. The first kappa shape index (κ1) is 26.8.